The van der Waals surface area contributed by atoms with Gasteiger partial charge in [-0.05, 0) is 12.3 Å². The summed E-state index contributed by atoms with van der Waals surface area (Å²) in [6, 6.07) is 0. The standard InChI is InChI=1S/C8H16O2.C2H4/c1-4-5-8(9)10-6-7(2)3;1-2/h7H,4-6H2,1-3H3;1-2H2. The number of carbonyl (C=O) groups excluding carboxylic acids is 1. The van der Waals surface area contributed by atoms with Crippen LogP contribution in [-0.4, -0.2) is 12.6 Å². The fourth-order valence-corrected chi connectivity index (χ4v) is 0.536. The van der Waals surface area contributed by atoms with Crippen LogP contribution in [0.3, 0.4) is 0 Å². The molecule has 0 radical (unpaired) electrons. The predicted molar refractivity (Wildman–Crippen MR) is 52.0 cm³/mol. The molecule has 0 aromatic rings. The third-order valence-electron chi connectivity index (χ3n) is 1.03. The quantitative estimate of drug-likeness (QED) is 0.481. The molecule has 0 unspecified atom stereocenters. The van der Waals surface area contributed by atoms with Crippen LogP contribution in [-0.2, 0) is 9.53 Å². The summed E-state index contributed by atoms with van der Waals surface area (Å²) in [7, 11) is 0. The van der Waals surface area contributed by atoms with Gasteiger partial charge in [0.05, 0.1) is 6.61 Å². The molecule has 0 aromatic heterocycles. The summed E-state index contributed by atoms with van der Waals surface area (Å²) in [6.45, 7) is 12.6. The molecule has 2 nitrogen and oxygen atoms in total. The third kappa shape index (κ3) is 11.9. The molecule has 12 heavy (non-hydrogen) atoms. The largest absolute Gasteiger partial charge is 0.465 e. The maximum absolute atomic E-state index is 10.7. The fourth-order valence-electron chi connectivity index (χ4n) is 0.536. The van der Waals surface area contributed by atoms with E-state index in [0.29, 0.717) is 18.9 Å². The fraction of sp³-hybridized carbons (Fsp3) is 0.700. The zero-order chi connectivity index (χ0) is 9.98. The van der Waals surface area contributed by atoms with Crippen molar-refractivity contribution in [1.82, 2.24) is 0 Å². The van der Waals surface area contributed by atoms with E-state index in [0.717, 1.165) is 6.42 Å². The summed E-state index contributed by atoms with van der Waals surface area (Å²) in [5, 5.41) is 0. The van der Waals surface area contributed by atoms with Crippen LogP contribution >= 0.6 is 0 Å². The van der Waals surface area contributed by atoms with Gasteiger partial charge in [0.2, 0.25) is 0 Å². The average Bonchev–Trinajstić information content (AvgIpc) is 2.05. The summed E-state index contributed by atoms with van der Waals surface area (Å²) in [6.07, 6.45) is 1.42. The van der Waals surface area contributed by atoms with Crippen LogP contribution in [0.25, 0.3) is 0 Å². The van der Waals surface area contributed by atoms with Gasteiger partial charge in [0.1, 0.15) is 0 Å². The van der Waals surface area contributed by atoms with Crippen molar-refractivity contribution in [2.24, 2.45) is 5.92 Å². The van der Waals surface area contributed by atoms with Crippen molar-refractivity contribution in [3.8, 4) is 0 Å². The Morgan fingerprint density at radius 3 is 2.25 bits per heavy atom. The molecule has 0 N–H and O–H groups in total. The molecule has 2 heteroatoms. The lowest BCUT2D eigenvalue weighted by Gasteiger charge is -2.05. The van der Waals surface area contributed by atoms with E-state index in [1.54, 1.807) is 0 Å². The number of hydrogen-bond acceptors (Lipinski definition) is 2. The van der Waals surface area contributed by atoms with Gasteiger partial charge in [-0.25, -0.2) is 0 Å². The lowest BCUT2D eigenvalue weighted by atomic mass is 10.2. The van der Waals surface area contributed by atoms with Crippen molar-refractivity contribution in [1.29, 1.82) is 0 Å². The molecule has 0 saturated heterocycles. The monoisotopic (exact) mass is 172 g/mol. The van der Waals surface area contributed by atoms with Crippen molar-refractivity contribution < 1.29 is 9.53 Å². The van der Waals surface area contributed by atoms with E-state index in [9.17, 15) is 4.79 Å². The molecule has 0 fully saturated rings. The van der Waals surface area contributed by atoms with Gasteiger partial charge in [-0.1, -0.05) is 20.8 Å². The topological polar surface area (TPSA) is 26.3 Å². The molecule has 0 bridgehead atoms. The van der Waals surface area contributed by atoms with E-state index in [1.165, 1.54) is 0 Å². The van der Waals surface area contributed by atoms with E-state index < -0.39 is 0 Å². The maximum Gasteiger partial charge on any atom is 0.305 e. The van der Waals surface area contributed by atoms with Crippen LogP contribution in [0.2, 0.25) is 0 Å². The van der Waals surface area contributed by atoms with E-state index in [2.05, 4.69) is 13.2 Å². The van der Waals surface area contributed by atoms with E-state index in [1.807, 2.05) is 20.8 Å². The van der Waals surface area contributed by atoms with Crippen molar-refractivity contribution in [3.05, 3.63) is 13.2 Å². The van der Waals surface area contributed by atoms with Crippen LogP contribution in [0.4, 0.5) is 0 Å². The Hall–Kier alpha value is -0.790. The zero-order valence-electron chi connectivity index (χ0n) is 8.43. The molecule has 0 aliphatic carbocycles. The first-order chi connectivity index (χ1) is 5.66. The highest BCUT2D eigenvalue weighted by molar-refractivity contribution is 5.69. The minimum atomic E-state index is -0.0730. The smallest absolute Gasteiger partial charge is 0.305 e. The minimum absolute atomic E-state index is 0.0730. The lowest BCUT2D eigenvalue weighted by Crippen LogP contribution is -2.08. The van der Waals surface area contributed by atoms with Gasteiger partial charge >= 0.3 is 5.97 Å². The van der Waals surface area contributed by atoms with Crippen molar-refractivity contribution >= 4 is 5.97 Å². The number of ether oxygens (including phenoxy) is 1. The molecule has 0 spiro atoms. The molecule has 0 aliphatic heterocycles. The predicted octanol–water partition coefficient (Wildman–Crippen LogP) is 2.79. The average molecular weight is 172 g/mol. The minimum Gasteiger partial charge on any atom is -0.465 e. The first-order valence-corrected chi connectivity index (χ1v) is 4.32. The van der Waals surface area contributed by atoms with Gasteiger partial charge in [-0.2, -0.15) is 0 Å². The van der Waals surface area contributed by atoms with Gasteiger partial charge in [-0.15, -0.1) is 13.2 Å². The summed E-state index contributed by atoms with van der Waals surface area (Å²) in [5.74, 6) is 0.372. The number of carbonyl (C=O) groups is 1. The summed E-state index contributed by atoms with van der Waals surface area (Å²) >= 11 is 0. The van der Waals surface area contributed by atoms with Gasteiger partial charge in [-0.3, -0.25) is 4.79 Å². The van der Waals surface area contributed by atoms with E-state index >= 15 is 0 Å². The Morgan fingerprint density at radius 1 is 1.42 bits per heavy atom. The summed E-state index contributed by atoms with van der Waals surface area (Å²) < 4.78 is 4.90. The van der Waals surface area contributed by atoms with Crippen molar-refractivity contribution in [3.63, 3.8) is 0 Å². The summed E-state index contributed by atoms with van der Waals surface area (Å²) in [4.78, 5) is 10.7. The molecule has 0 aliphatic rings. The highest BCUT2D eigenvalue weighted by atomic mass is 16.5. The number of hydrogen-bond donors (Lipinski definition) is 0. The Balaban J connectivity index is 0. The molecule has 0 aromatic carbocycles. The zero-order valence-corrected chi connectivity index (χ0v) is 8.43. The third-order valence-corrected chi connectivity index (χ3v) is 1.03. The molecule has 0 rings (SSSR count). The molecule has 0 saturated carbocycles. The van der Waals surface area contributed by atoms with Gasteiger partial charge in [0.25, 0.3) is 0 Å². The Morgan fingerprint density at radius 2 is 1.92 bits per heavy atom. The van der Waals surface area contributed by atoms with Crippen LogP contribution in [0.1, 0.15) is 33.6 Å². The Bertz CT molecular complexity index is 108. The molecule has 72 valence electrons. The number of rotatable bonds is 4. The first-order valence-electron chi connectivity index (χ1n) is 4.32. The van der Waals surface area contributed by atoms with Gasteiger partial charge < -0.3 is 4.74 Å². The van der Waals surface area contributed by atoms with Crippen molar-refractivity contribution in [2.45, 2.75) is 33.6 Å². The molecular weight excluding hydrogens is 152 g/mol. The Labute approximate surface area is 75.6 Å². The lowest BCUT2D eigenvalue weighted by molar-refractivity contribution is -0.144. The van der Waals surface area contributed by atoms with Gasteiger partial charge in [0.15, 0.2) is 0 Å². The van der Waals surface area contributed by atoms with Crippen LogP contribution < -0.4 is 0 Å². The van der Waals surface area contributed by atoms with Crippen LogP contribution in [0, 0.1) is 5.92 Å². The molecular formula is C10H20O2. The first kappa shape index (κ1) is 13.8. The van der Waals surface area contributed by atoms with Crippen LogP contribution in [0.15, 0.2) is 13.2 Å². The molecule has 0 heterocycles. The second kappa shape index (κ2) is 10.2. The normalized spacial score (nSPS) is 8.67. The van der Waals surface area contributed by atoms with Gasteiger partial charge in [0, 0.05) is 6.42 Å². The van der Waals surface area contributed by atoms with Crippen molar-refractivity contribution in [2.75, 3.05) is 6.61 Å². The van der Waals surface area contributed by atoms with Crippen LogP contribution in [0.5, 0.6) is 0 Å². The second-order valence-electron chi connectivity index (χ2n) is 2.83. The van der Waals surface area contributed by atoms with E-state index in [-0.39, 0.29) is 5.97 Å². The maximum atomic E-state index is 10.7. The van der Waals surface area contributed by atoms with E-state index in [4.69, 9.17) is 4.74 Å². The number of esters is 1. The Kier molecular flexibility index (Phi) is 11.7. The molecule has 0 amide bonds. The highest BCUT2D eigenvalue weighted by Gasteiger charge is 2.00. The highest BCUT2D eigenvalue weighted by Crippen LogP contribution is 1.96. The second-order valence-corrected chi connectivity index (χ2v) is 2.83. The molecule has 0 atom stereocenters. The summed E-state index contributed by atoms with van der Waals surface area (Å²) in [5.41, 5.74) is 0. The SMILES string of the molecule is C=C.CCCC(=O)OCC(C)C.